The molecule has 100 valence electrons. The number of aryl methyl sites for hydroxylation is 1. The Bertz CT molecular complexity index is 438. The zero-order chi connectivity index (χ0) is 13.7. The summed E-state index contributed by atoms with van der Waals surface area (Å²) in [5, 5.41) is 14.1. The highest BCUT2D eigenvalue weighted by molar-refractivity contribution is 6.33. The van der Waals surface area contributed by atoms with E-state index in [1.165, 1.54) is 6.07 Å². The number of rotatable bonds is 6. The summed E-state index contributed by atoms with van der Waals surface area (Å²) < 4.78 is 5.30. The first kappa shape index (κ1) is 14.7. The lowest BCUT2D eigenvalue weighted by Crippen LogP contribution is -2.22. The molecule has 1 aromatic carbocycles. The van der Waals surface area contributed by atoms with Crippen molar-refractivity contribution in [3.8, 4) is 0 Å². The van der Waals surface area contributed by atoms with Gasteiger partial charge in [0.25, 0.3) is 5.69 Å². The van der Waals surface area contributed by atoms with Gasteiger partial charge in [-0.1, -0.05) is 11.6 Å². The molecule has 1 rings (SSSR count). The van der Waals surface area contributed by atoms with Gasteiger partial charge in [-0.25, -0.2) is 0 Å². The maximum Gasteiger partial charge on any atom is 0.288 e. The highest BCUT2D eigenvalue weighted by atomic mass is 35.5. The van der Waals surface area contributed by atoms with Crippen LogP contribution < -0.4 is 5.32 Å². The summed E-state index contributed by atoms with van der Waals surface area (Å²) in [5.41, 5.74) is 1.50. The Labute approximate surface area is 111 Å². The van der Waals surface area contributed by atoms with E-state index in [9.17, 15) is 10.1 Å². The number of anilines is 1. The van der Waals surface area contributed by atoms with Crippen LogP contribution in [0.2, 0.25) is 5.02 Å². The van der Waals surface area contributed by atoms with Crippen LogP contribution in [0, 0.1) is 17.0 Å². The Morgan fingerprint density at radius 1 is 1.56 bits per heavy atom. The van der Waals surface area contributed by atoms with E-state index in [4.69, 9.17) is 16.3 Å². The lowest BCUT2D eigenvalue weighted by atomic mass is 10.1. The second-order valence-corrected chi connectivity index (χ2v) is 4.49. The molecule has 0 spiro atoms. The second-order valence-electron chi connectivity index (χ2n) is 4.08. The van der Waals surface area contributed by atoms with Crippen LogP contribution in [0.15, 0.2) is 12.1 Å². The van der Waals surface area contributed by atoms with Gasteiger partial charge in [0.05, 0.1) is 11.5 Å². The van der Waals surface area contributed by atoms with E-state index >= 15 is 0 Å². The van der Waals surface area contributed by atoms with Gasteiger partial charge in [0.15, 0.2) is 0 Å². The van der Waals surface area contributed by atoms with E-state index in [1.54, 1.807) is 13.0 Å². The first-order chi connectivity index (χ1) is 8.45. The number of nitro benzene ring substituents is 1. The molecule has 1 atom stereocenters. The van der Waals surface area contributed by atoms with Crippen LogP contribution in [-0.4, -0.2) is 24.2 Å². The van der Waals surface area contributed by atoms with Gasteiger partial charge in [0.1, 0.15) is 5.02 Å². The van der Waals surface area contributed by atoms with Gasteiger partial charge in [0.2, 0.25) is 0 Å². The molecule has 0 fully saturated rings. The molecule has 1 aromatic rings. The predicted molar refractivity (Wildman–Crippen MR) is 72.4 cm³/mol. The Morgan fingerprint density at radius 2 is 2.22 bits per heavy atom. The largest absolute Gasteiger partial charge is 0.380 e. The van der Waals surface area contributed by atoms with Crippen LogP contribution in [0.4, 0.5) is 11.4 Å². The molecule has 0 aromatic heterocycles. The molecule has 0 saturated heterocycles. The minimum Gasteiger partial charge on any atom is -0.380 e. The minimum atomic E-state index is -0.483. The number of nitrogens with one attached hydrogen (secondary N) is 1. The quantitative estimate of drug-likeness (QED) is 0.637. The normalized spacial score (nSPS) is 12.2. The van der Waals surface area contributed by atoms with Gasteiger partial charge in [-0.2, -0.15) is 0 Å². The van der Waals surface area contributed by atoms with E-state index in [1.807, 2.05) is 13.8 Å². The van der Waals surface area contributed by atoms with E-state index in [-0.39, 0.29) is 16.8 Å². The smallest absolute Gasteiger partial charge is 0.288 e. The van der Waals surface area contributed by atoms with Crippen molar-refractivity contribution < 1.29 is 9.66 Å². The van der Waals surface area contributed by atoms with Crippen LogP contribution in [0.1, 0.15) is 19.4 Å². The number of halogens is 1. The first-order valence-corrected chi connectivity index (χ1v) is 6.12. The van der Waals surface area contributed by atoms with Crippen LogP contribution in [0.5, 0.6) is 0 Å². The lowest BCUT2D eigenvalue weighted by molar-refractivity contribution is -0.384. The van der Waals surface area contributed by atoms with Crippen molar-refractivity contribution in [3.63, 3.8) is 0 Å². The molecule has 6 heteroatoms. The average molecular weight is 273 g/mol. The van der Waals surface area contributed by atoms with Crippen molar-refractivity contribution in [2.75, 3.05) is 18.5 Å². The van der Waals surface area contributed by atoms with E-state index in [0.717, 1.165) is 11.3 Å². The summed E-state index contributed by atoms with van der Waals surface area (Å²) in [6.45, 7) is 6.95. The van der Waals surface area contributed by atoms with Crippen molar-refractivity contribution in [1.29, 1.82) is 0 Å². The van der Waals surface area contributed by atoms with E-state index in [2.05, 4.69) is 5.32 Å². The van der Waals surface area contributed by atoms with Crippen LogP contribution in [0.25, 0.3) is 0 Å². The van der Waals surface area contributed by atoms with Gasteiger partial charge in [-0.15, -0.1) is 0 Å². The monoisotopic (exact) mass is 272 g/mol. The molecular formula is C12H17ClN2O3. The van der Waals surface area contributed by atoms with Crippen molar-refractivity contribution in [2.24, 2.45) is 0 Å². The van der Waals surface area contributed by atoms with Gasteiger partial charge in [-0.3, -0.25) is 10.1 Å². The third kappa shape index (κ3) is 3.85. The third-order valence-corrected chi connectivity index (χ3v) is 2.77. The molecule has 1 N–H and O–H groups in total. The molecule has 0 heterocycles. The lowest BCUT2D eigenvalue weighted by Gasteiger charge is -2.17. The third-order valence-electron chi connectivity index (χ3n) is 2.46. The predicted octanol–water partition coefficient (Wildman–Crippen LogP) is 3.39. The summed E-state index contributed by atoms with van der Waals surface area (Å²) in [5.74, 6) is 0. The minimum absolute atomic E-state index is 0.0721. The fourth-order valence-corrected chi connectivity index (χ4v) is 1.80. The standard InChI is InChI=1S/C12H17ClN2O3/c1-4-18-7-9(3)14-11-6-10(13)12(15(16)17)5-8(11)2/h5-6,9,14H,4,7H2,1-3H3. The summed E-state index contributed by atoms with van der Waals surface area (Å²) in [7, 11) is 0. The molecule has 18 heavy (non-hydrogen) atoms. The average Bonchev–Trinajstić information content (AvgIpc) is 2.30. The fourth-order valence-electron chi connectivity index (χ4n) is 1.56. The Morgan fingerprint density at radius 3 is 2.78 bits per heavy atom. The SMILES string of the molecule is CCOCC(C)Nc1cc(Cl)c([N+](=O)[O-])cc1C. The molecule has 0 aliphatic rings. The van der Waals surface area contributed by atoms with Gasteiger partial charge in [0, 0.05) is 24.4 Å². The number of ether oxygens (including phenoxy) is 1. The number of nitro groups is 1. The molecule has 0 saturated carbocycles. The summed E-state index contributed by atoms with van der Waals surface area (Å²) in [6, 6.07) is 3.16. The van der Waals surface area contributed by atoms with Crippen molar-refractivity contribution in [2.45, 2.75) is 26.8 Å². The maximum absolute atomic E-state index is 10.7. The van der Waals surface area contributed by atoms with Crippen LogP contribution in [0.3, 0.4) is 0 Å². The highest BCUT2D eigenvalue weighted by Gasteiger charge is 2.15. The summed E-state index contributed by atoms with van der Waals surface area (Å²) >= 11 is 5.87. The summed E-state index contributed by atoms with van der Waals surface area (Å²) in [6.07, 6.45) is 0. The number of hydrogen-bond donors (Lipinski definition) is 1. The zero-order valence-corrected chi connectivity index (χ0v) is 11.5. The molecule has 0 aliphatic carbocycles. The van der Waals surface area contributed by atoms with Gasteiger partial charge < -0.3 is 10.1 Å². The molecule has 0 bridgehead atoms. The van der Waals surface area contributed by atoms with Gasteiger partial charge in [-0.05, 0) is 32.4 Å². The topological polar surface area (TPSA) is 64.4 Å². The molecular weight excluding hydrogens is 256 g/mol. The van der Waals surface area contributed by atoms with Crippen molar-refractivity contribution in [1.82, 2.24) is 0 Å². The maximum atomic E-state index is 10.7. The Balaban J connectivity index is 2.84. The summed E-state index contributed by atoms with van der Waals surface area (Å²) in [4.78, 5) is 10.2. The van der Waals surface area contributed by atoms with Gasteiger partial charge >= 0.3 is 0 Å². The molecule has 0 aliphatic heterocycles. The Kier molecular flexibility index (Phi) is 5.37. The number of nitrogens with zero attached hydrogens (tertiary/aromatic N) is 1. The van der Waals surface area contributed by atoms with Crippen molar-refractivity contribution in [3.05, 3.63) is 32.8 Å². The molecule has 0 radical (unpaired) electrons. The molecule has 1 unspecified atom stereocenters. The zero-order valence-electron chi connectivity index (χ0n) is 10.7. The number of hydrogen-bond acceptors (Lipinski definition) is 4. The highest BCUT2D eigenvalue weighted by Crippen LogP contribution is 2.30. The second kappa shape index (κ2) is 6.56. The first-order valence-electron chi connectivity index (χ1n) is 5.74. The molecule has 0 amide bonds. The van der Waals surface area contributed by atoms with E-state index < -0.39 is 4.92 Å². The fraction of sp³-hybridized carbons (Fsp3) is 0.500. The Hall–Kier alpha value is -1.33. The molecule has 5 nitrogen and oxygen atoms in total. The van der Waals surface area contributed by atoms with Crippen LogP contribution >= 0.6 is 11.6 Å². The van der Waals surface area contributed by atoms with E-state index in [0.29, 0.717) is 13.2 Å². The van der Waals surface area contributed by atoms with Crippen LogP contribution in [-0.2, 0) is 4.74 Å². The number of benzene rings is 1. The van der Waals surface area contributed by atoms with Crippen molar-refractivity contribution >= 4 is 23.0 Å².